The molecule has 21 heavy (non-hydrogen) atoms. The highest BCUT2D eigenvalue weighted by Gasteiger charge is 2.25. The first-order chi connectivity index (χ1) is 10.1. The number of rotatable bonds is 6. The SMILES string of the molecule is CCCNc1cc(C(=O)NC2CCC(SC)C2)cc(C)n1. The van der Waals surface area contributed by atoms with Crippen molar-refractivity contribution in [1.82, 2.24) is 10.3 Å². The van der Waals surface area contributed by atoms with Crippen molar-refractivity contribution in [3.8, 4) is 0 Å². The van der Waals surface area contributed by atoms with E-state index >= 15 is 0 Å². The Morgan fingerprint density at radius 1 is 1.43 bits per heavy atom. The molecule has 0 aliphatic heterocycles. The van der Waals surface area contributed by atoms with Gasteiger partial charge in [-0.3, -0.25) is 4.79 Å². The Balaban J connectivity index is 2.00. The number of anilines is 1. The Morgan fingerprint density at radius 3 is 2.90 bits per heavy atom. The molecular formula is C16H25N3OS. The summed E-state index contributed by atoms with van der Waals surface area (Å²) in [5.41, 5.74) is 1.57. The molecule has 1 saturated carbocycles. The van der Waals surface area contributed by atoms with Crippen LogP contribution in [0.5, 0.6) is 0 Å². The van der Waals surface area contributed by atoms with Crippen molar-refractivity contribution >= 4 is 23.5 Å². The maximum atomic E-state index is 12.4. The van der Waals surface area contributed by atoms with Gasteiger partial charge in [-0.2, -0.15) is 11.8 Å². The fourth-order valence-electron chi connectivity index (χ4n) is 2.70. The second-order valence-corrected chi connectivity index (χ2v) is 6.79. The summed E-state index contributed by atoms with van der Waals surface area (Å²) in [5, 5.41) is 7.10. The Kier molecular flexibility index (Phi) is 5.91. The number of nitrogens with one attached hydrogen (secondary N) is 2. The van der Waals surface area contributed by atoms with Crippen molar-refractivity contribution in [2.45, 2.75) is 50.8 Å². The topological polar surface area (TPSA) is 54.0 Å². The summed E-state index contributed by atoms with van der Waals surface area (Å²) >= 11 is 1.90. The van der Waals surface area contributed by atoms with Crippen LogP contribution in [0.4, 0.5) is 5.82 Å². The summed E-state index contributed by atoms with van der Waals surface area (Å²) in [6.45, 7) is 4.90. The molecule has 4 nitrogen and oxygen atoms in total. The summed E-state index contributed by atoms with van der Waals surface area (Å²) in [7, 11) is 0. The molecule has 2 N–H and O–H groups in total. The van der Waals surface area contributed by atoms with Crippen LogP contribution in [0.25, 0.3) is 0 Å². The molecule has 0 bridgehead atoms. The van der Waals surface area contributed by atoms with Crippen molar-refractivity contribution in [2.24, 2.45) is 0 Å². The standard InChI is InChI=1S/C16H25N3OS/c1-4-7-17-15-9-12(8-11(2)18-15)16(20)19-13-5-6-14(10-13)21-3/h8-9,13-14H,4-7,10H2,1-3H3,(H,17,18)(H,19,20). The van der Waals surface area contributed by atoms with E-state index in [0.29, 0.717) is 16.9 Å². The molecule has 1 fully saturated rings. The summed E-state index contributed by atoms with van der Waals surface area (Å²) in [5.74, 6) is 0.808. The highest BCUT2D eigenvalue weighted by Crippen LogP contribution is 2.28. The molecule has 0 spiro atoms. The summed E-state index contributed by atoms with van der Waals surface area (Å²) in [4.78, 5) is 16.8. The maximum absolute atomic E-state index is 12.4. The quantitative estimate of drug-likeness (QED) is 0.847. The fourth-order valence-corrected chi connectivity index (χ4v) is 3.49. The molecule has 1 aromatic rings. The molecule has 0 aromatic carbocycles. The number of aryl methyl sites for hydroxylation is 1. The van der Waals surface area contributed by atoms with Gasteiger partial charge in [0.05, 0.1) is 0 Å². The lowest BCUT2D eigenvalue weighted by Crippen LogP contribution is -2.33. The van der Waals surface area contributed by atoms with Gasteiger partial charge in [0.1, 0.15) is 5.82 Å². The normalized spacial score (nSPS) is 21.3. The number of hydrogen-bond acceptors (Lipinski definition) is 4. The number of thioether (sulfide) groups is 1. The minimum absolute atomic E-state index is 0.0202. The van der Waals surface area contributed by atoms with Crippen molar-refractivity contribution in [1.29, 1.82) is 0 Å². The van der Waals surface area contributed by atoms with Gasteiger partial charge in [0.25, 0.3) is 5.91 Å². The minimum Gasteiger partial charge on any atom is -0.370 e. The lowest BCUT2D eigenvalue weighted by Gasteiger charge is -2.14. The summed E-state index contributed by atoms with van der Waals surface area (Å²) in [6.07, 6.45) is 6.55. The average molecular weight is 307 g/mol. The van der Waals surface area contributed by atoms with Gasteiger partial charge in [-0.15, -0.1) is 0 Å². The molecule has 1 aliphatic rings. The molecule has 2 rings (SSSR count). The Labute approximate surface area is 131 Å². The van der Waals surface area contributed by atoms with E-state index in [4.69, 9.17) is 0 Å². The van der Waals surface area contributed by atoms with E-state index in [2.05, 4.69) is 28.8 Å². The first-order valence-corrected chi connectivity index (χ1v) is 8.97. The Morgan fingerprint density at radius 2 is 2.24 bits per heavy atom. The van der Waals surface area contributed by atoms with Crippen LogP contribution in [-0.2, 0) is 0 Å². The monoisotopic (exact) mass is 307 g/mol. The van der Waals surface area contributed by atoms with Crippen molar-refractivity contribution in [3.05, 3.63) is 23.4 Å². The number of aromatic nitrogens is 1. The number of pyridine rings is 1. The van der Waals surface area contributed by atoms with Crippen molar-refractivity contribution < 1.29 is 4.79 Å². The molecular weight excluding hydrogens is 282 g/mol. The molecule has 2 atom stereocenters. The number of carbonyl (C=O) groups excluding carboxylic acids is 1. The first kappa shape index (κ1) is 16.1. The molecule has 1 aliphatic carbocycles. The largest absolute Gasteiger partial charge is 0.370 e. The van der Waals surface area contributed by atoms with Crippen LogP contribution in [0.3, 0.4) is 0 Å². The van der Waals surface area contributed by atoms with E-state index in [1.165, 1.54) is 6.42 Å². The maximum Gasteiger partial charge on any atom is 0.251 e. The number of nitrogens with zero attached hydrogens (tertiary/aromatic N) is 1. The van der Waals surface area contributed by atoms with E-state index in [0.717, 1.165) is 37.3 Å². The van der Waals surface area contributed by atoms with Gasteiger partial charge >= 0.3 is 0 Å². The van der Waals surface area contributed by atoms with E-state index < -0.39 is 0 Å². The van der Waals surface area contributed by atoms with Crippen molar-refractivity contribution in [2.75, 3.05) is 18.1 Å². The fraction of sp³-hybridized carbons (Fsp3) is 0.625. The van der Waals surface area contributed by atoms with Crippen molar-refractivity contribution in [3.63, 3.8) is 0 Å². The van der Waals surface area contributed by atoms with Crippen LogP contribution < -0.4 is 10.6 Å². The molecule has 5 heteroatoms. The molecule has 0 radical (unpaired) electrons. The lowest BCUT2D eigenvalue weighted by molar-refractivity contribution is 0.0938. The van der Waals surface area contributed by atoms with Crippen LogP contribution in [0.1, 0.15) is 48.7 Å². The average Bonchev–Trinajstić information content (AvgIpc) is 2.92. The van der Waals surface area contributed by atoms with Gasteiger partial charge < -0.3 is 10.6 Å². The zero-order valence-electron chi connectivity index (χ0n) is 13.1. The summed E-state index contributed by atoms with van der Waals surface area (Å²) in [6, 6.07) is 4.02. The zero-order chi connectivity index (χ0) is 15.2. The van der Waals surface area contributed by atoms with E-state index in [-0.39, 0.29) is 5.91 Å². The number of amides is 1. The molecule has 2 unspecified atom stereocenters. The highest BCUT2D eigenvalue weighted by molar-refractivity contribution is 7.99. The molecule has 1 aromatic heterocycles. The Bertz CT molecular complexity index is 492. The third kappa shape index (κ3) is 4.63. The molecule has 1 amide bonds. The molecule has 0 saturated heterocycles. The predicted octanol–water partition coefficient (Wildman–Crippen LogP) is 3.23. The van der Waals surface area contributed by atoms with Crippen LogP contribution in [0.15, 0.2) is 12.1 Å². The third-order valence-corrected chi connectivity index (χ3v) is 4.92. The van der Waals surface area contributed by atoms with Gasteiger partial charge in [-0.25, -0.2) is 4.98 Å². The second-order valence-electron chi connectivity index (χ2n) is 5.65. The van der Waals surface area contributed by atoms with Gasteiger partial charge in [0.2, 0.25) is 0 Å². The van der Waals surface area contributed by atoms with Gasteiger partial charge in [-0.1, -0.05) is 6.92 Å². The third-order valence-electron chi connectivity index (χ3n) is 3.82. The highest BCUT2D eigenvalue weighted by atomic mass is 32.2. The Hall–Kier alpha value is -1.23. The zero-order valence-corrected chi connectivity index (χ0v) is 13.9. The number of hydrogen-bond donors (Lipinski definition) is 2. The van der Waals surface area contributed by atoms with E-state index in [1.807, 2.05) is 30.8 Å². The van der Waals surface area contributed by atoms with Gasteiger partial charge in [-0.05, 0) is 51.0 Å². The smallest absolute Gasteiger partial charge is 0.251 e. The van der Waals surface area contributed by atoms with E-state index in [1.54, 1.807) is 0 Å². The first-order valence-electron chi connectivity index (χ1n) is 7.68. The molecule has 1 heterocycles. The van der Waals surface area contributed by atoms with E-state index in [9.17, 15) is 4.79 Å². The van der Waals surface area contributed by atoms with Gasteiger partial charge in [0.15, 0.2) is 0 Å². The van der Waals surface area contributed by atoms with Crippen LogP contribution in [0, 0.1) is 6.92 Å². The second kappa shape index (κ2) is 7.69. The minimum atomic E-state index is 0.0202. The predicted molar refractivity (Wildman–Crippen MR) is 90.2 cm³/mol. The van der Waals surface area contributed by atoms with Crippen LogP contribution in [0.2, 0.25) is 0 Å². The van der Waals surface area contributed by atoms with Crippen LogP contribution >= 0.6 is 11.8 Å². The molecule has 116 valence electrons. The van der Waals surface area contributed by atoms with Gasteiger partial charge in [0, 0.05) is 29.1 Å². The summed E-state index contributed by atoms with van der Waals surface area (Å²) < 4.78 is 0. The lowest BCUT2D eigenvalue weighted by atomic mass is 10.2. The van der Waals surface area contributed by atoms with Crippen LogP contribution in [-0.4, -0.2) is 35.0 Å². The number of carbonyl (C=O) groups is 1.